The third-order valence-electron chi connectivity index (χ3n) is 7.24. The van der Waals surface area contributed by atoms with Crippen molar-refractivity contribution >= 4 is 5.97 Å². The van der Waals surface area contributed by atoms with Crippen molar-refractivity contribution in [3.05, 3.63) is 64.5 Å². The Morgan fingerprint density at radius 2 is 1.89 bits per heavy atom. The van der Waals surface area contributed by atoms with Gasteiger partial charge in [0.1, 0.15) is 17.6 Å². The summed E-state index contributed by atoms with van der Waals surface area (Å²) in [5, 5.41) is 19.1. The Balaban J connectivity index is 1.35. The molecule has 0 amide bonds. The van der Waals surface area contributed by atoms with Gasteiger partial charge in [-0.25, -0.2) is 0 Å². The summed E-state index contributed by atoms with van der Waals surface area (Å²) >= 11 is 0. The molecule has 2 aromatic carbocycles. The van der Waals surface area contributed by atoms with E-state index in [0.29, 0.717) is 37.1 Å². The number of fused-ring (bicyclic) bond motifs is 2. The molecule has 2 atom stereocenters. The van der Waals surface area contributed by atoms with E-state index in [9.17, 15) is 9.90 Å². The summed E-state index contributed by atoms with van der Waals surface area (Å²) in [4.78, 5) is 20.3. The SMILES string of the molecule is Cc1nc(OCCC(C)(C)O)nc(C)c1-c1cccc2c1CCC2Oc1ccc2c(c1)OCC2CC(=O)O. The topological polar surface area (TPSA) is 111 Å². The highest BCUT2D eigenvalue weighted by atomic mass is 16.5. The summed E-state index contributed by atoms with van der Waals surface area (Å²) < 4.78 is 17.9. The molecular formula is C30H34N2O6. The lowest BCUT2D eigenvalue weighted by Gasteiger charge is -2.18. The lowest BCUT2D eigenvalue weighted by molar-refractivity contribution is -0.137. The highest BCUT2D eigenvalue weighted by Crippen LogP contribution is 2.43. The number of aromatic nitrogens is 2. The molecule has 0 saturated heterocycles. The number of aliphatic hydroxyl groups is 1. The van der Waals surface area contributed by atoms with Crippen molar-refractivity contribution in [3.63, 3.8) is 0 Å². The number of nitrogens with zero attached hydrogens (tertiary/aromatic N) is 2. The Morgan fingerprint density at radius 3 is 2.61 bits per heavy atom. The zero-order chi connectivity index (χ0) is 27.0. The molecule has 2 unspecified atom stereocenters. The molecule has 5 rings (SSSR count). The average Bonchev–Trinajstić information content (AvgIpc) is 3.42. The lowest BCUT2D eigenvalue weighted by Crippen LogP contribution is -2.22. The molecule has 0 radical (unpaired) electrons. The van der Waals surface area contributed by atoms with Crippen LogP contribution in [0.15, 0.2) is 36.4 Å². The molecule has 3 aromatic rings. The minimum Gasteiger partial charge on any atom is -0.492 e. The highest BCUT2D eigenvalue weighted by molar-refractivity contribution is 5.73. The average molecular weight is 519 g/mol. The predicted molar refractivity (Wildman–Crippen MR) is 142 cm³/mol. The number of rotatable bonds is 9. The van der Waals surface area contributed by atoms with Crippen LogP contribution in [0.2, 0.25) is 0 Å². The van der Waals surface area contributed by atoms with E-state index in [-0.39, 0.29) is 18.4 Å². The molecule has 2 heterocycles. The molecule has 2 aliphatic rings. The van der Waals surface area contributed by atoms with Gasteiger partial charge < -0.3 is 24.4 Å². The summed E-state index contributed by atoms with van der Waals surface area (Å²) in [5.41, 5.74) is 6.32. The third-order valence-corrected chi connectivity index (χ3v) is 7.24. The molecule has 0 saturated carbocycles. The van der Waals surface area contributed by atoms with Gasteiger partial charge >= 0.3 is 12.0 Å². The van der Waals surface area contributed by atoms with Crippen molar-refractivity contribution in [1.29, 1.82) is 0 Å². The van der Waals surface area contributed by atoms with E-state index in [4.69, 9.17) is 19.3 Å². The number of aryl methyl sites for hydroxylation is 2. The Labute approximate surface area is 222 Å². The molecule has 1 aliphatic heterocycles. The Hall–Kier alpha value is -3.65. The third kappa shape index (κ3) is 5.45. The number of hydrogen-bond acceptors (Lipinski definition) is 7. The molecular weight excluding hydrogens is 484 g/mol. The van der Waals surface area contributed by atoms with Gasteiger partial charge in [0.15, 0.2) is 0 Å². The van der Waals surface area contributed by atoms with Crippen LogP contribution >= 0.6 is 0 Å². The van der Waals surface area contributed by atoms with Crippen LogP contribution < -0.4 is 14.2 Å². The van der Waals surface area contributed by atoms with Crippen molar-refractivity contribution in [2.75, 3.05) is 13.2 Å². The fourth-order valence-electron chi connectivity index (χ4n) is 5.38. The monoisotopic (exact) mass is 518 g/mol. The van der Waals surface area contributed by atoms with Crippen LogP contribution in [0.25, 0.3) is 11.1 Å². The quantitative estimate of drug-likeness (QED) is 0.392. The largest absolute Gasteiger partial charge is 0.492 e. The van der Waals surface area contributed by atoms with Crippen molar-refractivity contribution in [3.8, 4) is 28.6 Å². The number of carbonyl (C=O) groups is 1. The van der Waals surface area contributed by atoms with E-state index >= 15 is 0 Å². The number of hydrogen-bond donors (Lipinski definition) is 2. The molecule has 200 valence electrons. The van der Waals surface area contributed by atoms with E-state index in [0.717, 1.165) is 46.5 Å². The number of carboxylic acids is 1. The molecule has 38 heavy (non-hydrogen) atoms. The first-order chi connectivity index (χ1) is 18.1. The fourth-order valence-corrected chi connectivity index (χ4v) is 5.38. The standard InChI is InChI=1S/C30H34N2O6/c1-17-28(18(2)32-29(31-17)36-13-12-30(3,4)35)24-7-5-6-23-22(24)10-11-25(23)38-20-8-9-21-19(14-27(33)34)16-37-26(21)15-20/h5-9,15,19,25,35H,10-14,16H2,1-4H3,(H,33,34). The molecule has 0 spiro atoms. The lowest BCUT2D eigenvalue weighted by atomic mass is 9.95. The second-order valence-corrected chi connectivity index (χ2v) is 10.8. The van der Waals surface area contributed by atoms with Gasteiger partial charge in [0.05, 0.1) is 36.6 Å². The Kier molecular flexibility index (Phi) is 7.01. The predicted octanol–water partition coefficient (Wildman–Crippen LogP) is 5.32. The van der Waals surface area contributed by atoms with Gasteiger partial charge in [0.2, 0.25) is 0 Å². The normalized spacial score (nSPS) is 18.0. The van der Waals surface area contributed by atoms with Gasteiger partial charge in [-0.3, -0.25) is 4.79 Å². The van der Waals surface area contributed by atoms with Crippen LogP contribution in [0.1, 0.15) is 73.2 Å². The minimum absolute atomic E-state index is 0.0580. The molecule has 2 N–H and O–H groups in total. The van der Waals surface area contributed by atoms with Crippen LogP contribution in [-0.2, 0) is 11.2 Å². The smallest absolute Gasteiger partial charge is 0.316 e. The van der Waals surface area contributed by atoms with Crippen LogP contribution in [-0.4, -0.2) is 45.0 Å². The van der Waals surface area contributed by atoms with Crippen LogP contribution in [0.5, 0.6) is 17.5 Å². The zero-order valence-electron chi connectivity index (χ0n) is 22.3. The van der Waals surface area contributed by atoms with E-state index < -0.39 is 11.6 Å². The van der Waals surface area contributed by atoms with Gasteiger partial charge in [-0.2, -0.15) is 9.97 Å². The summed E-state index contributed by atoms with van der Waals surface area (Å²) in [5.74, 6) is 0.465. The van der Waals surface area contributed by atoms with Crippen molar-refractivity contribution in [2.24, 2.45) is 0 Å². The van der Waals surface area contributed by atoms with Gasteiger partial charge in [0, 0.05) is 29.5 Å². The van der Waals surface area contributed by atoms with Crippen LogP contribution in [0, 0.1) is 13.8 Å². The van der Waals surface area contributed by atoms with E-state index in [1.807, 2.05) is 38.1 Å². The number of benzene rings is 2. The maximum atomic E-state index is 11.1. The summed E-state index contributed by atoms with van der Waals surface area (Å²) in [7, 11) is 0. The maximum Gasteiger partial charge on any atom is 0.316 e. The molecule has 1 aliphatic carbocycles. The molecule has 1 aromatic heterocycles. The van der Waals surface area contributed by atoms with Crippen LogP contribution in [0.4, 0.5) is 0 Å². The first-order valence-corrected chi connectivity index (χ1v) is 13.1. The number of aliphatic carboxylic acids is 1. The minimum atomic E-state index is -0.825. The van der Waals surface area contributed by atoms with Gasteiger partial charge in [-0.05, 0) is 63.3 Å². The summed E-state index contributed by atoms with van der Waals surface area (Å²) in [6.45, 7) is 8.16. The fraction of sp³-hybridized carbons (Fsp3) is 0.433. The molecule has 0 fully saturated rings. The van der Waals surface area contributed by atoms with E-state index in [1.54, 1.807) is 13.8 Å². The highest BCUT2D eigenvalue weighted by Gasteiger charge is 2.30. The van der Waals surface area contributed by atoms with Gasteiger partial charge in [-0.15, -0.1) is 0 Å². The Morgan fingerprint density at radius 1 is 1.13 bits per heavy atom. The van der Waals surface area contributed by atoms with Crippen molar-refractivity contribution in [1.82, 2.24) is 9.97 Å². The maximum absolute atomic E-state index is 11.1. The van der Waals surface area contributed by atoms with E-state index in [2.05, 4.69) is 22.1 Å². The zero-order valence-corrected chi connectivity index (χ0v) is 22.3. The van der Waals surface area contributed by atoms with Crippen molar-refractivity contribution in [2.45, 2.75) is 71.0 Å². The summed E-state index contributed by atoms with van der Waals surface area (Å²) in [6.07, 6.45) is 2.18. The molecule has 0 bridgehead atoms. The number of ether oxygens (including phenoxy) is 3. The first kappa shape index (κ1) is 26.0. The van der Waals surface area contributed by atoms with Crippen LogP contribution in [0.3, 0.4) is 0 Å². The Bertz CT molecular complexity index is 1340. The second-order valence-electron chi connectivity index (χ2n) is 10.8. The number of carboxylic acid groups (broad SMARTS) is 1. The van der Waals surface area contributed by atoms with Gasteiger partial charge in [0.25, 0.3) is 0 Å². The summed E-state index contributed by atoms with van der Waals surface area (Å²) in [6, 6.07) is 12.3. The van der Waals surface area contributed by atoms with E-state index in [1.165, 1.54) is 5.56 Å². The second kappa shape index (κ2) is 10.3. The molecule has 8 nitrogen and oxygen atoms in total. The van der Waals surface area contributed by atoms with Crippen molar-refractivity contribution < 1.29 is 29.2 Å². The first-order valence-electron chi connectivity index (χ1n) is 13.1. The molecule has 8 heteroatoms. The van der Waals surface area contributed by atoms with Gasteiger partial charge in [-0.1, -0.05) is 24.3 Å².